The van der Waals surface area contributed by atoms with E-state index in [0.717, 1.165) is 12.8 Å². The lowest BCUT2D eigenvalue weighted by molar-refractivity contribution is -0.384. The van der Waals surface area contributed by atoms with Crippen LogP contribution in [0.3, 0.4) is 0 Å². The Bertz CT molecular complexity index is 506. The van der Waals surface area contributed by atoms with Crippen LogP contribution in [0, 0.1) is 17.0 Å². The van der Waals surface area contributed by atoms with Crippen LogP contribution in [0.4, 0.5) is 11.5 Å². The number of carboxylic acid groups (broad SMARTS) is 1. The summed E-state index contributed by atoms with van der Waals surface area (Å²) in [4.78, 5) is 23.0. The van der Waals surface area contributed by atoms with Gasteiger partial charge in [-0.15, -0.1) is 0 Å². The highest BCUT2D eigenvalue weighted by Gasteiger charge is 2.38. The summed E-state index contributed by atoms with van der Waals surface area (Å²) >= 11 is 0. The van der Waals surface area contributed by atoms with Gasteiger partial charge in [-0.3, -0.25) is 14.9 Å². The van der Waals surface area contributed by atoms with Crippen LogP contribution in [-0.4, -0.2) is 38.4 Å². The summed E-state index contributed by atoms with van der Waals surface area (Å²) in [5.41, 5.74) is 0.194. The maximum Gasteiger partial charge on any atom is 0.333 e. The molecule has 0 atom stereocenters. The van der Waals surface area contributed by atoms with Crippen molar-refractivity contribution in [3.63, 3.8) is 0 Å². The van der Waals surface area contributed by atoms with Crippen molar-refractivity contribution >= 4 is 17.5 Å². The molecule has 1 saturated carbocycles. The van der Waals surface area contributed by atoms with Crippen LogP contribution in [0.2, 0.25) is 0 Å². The van der Waals surface area contributed by atoms with E-state index in [1.807, 2.05) is 0 Å². The molecule has 1 aromatic heterocycles. The van der Waals surface area contributed by atoms with Gasteiger partial charge in [0.2, 0.25) is 5.82 Å². The van der Waals surface area contributed by atoms with Crippen molar-refractivity contribution in [2.24, 2.45) is 7.05 Å². The topological polar surface area (TPSA) is 102 Å². The molecule has 1 heterocycles. The van der Waals surface area contributed by atoms with Gasteiger partial charge >= 0.3 is 11.7 Å². The van der Waals surface area contributed by atoms with Crippen LogP contribution >= 0.6 is 0 Å². The normalized spacial score (nSPS) is 14.6. The van der Waals surface area contributed by atoms with Crippen LogP contribution < -0.4 is 4.90 Å². The zero-order valence-corrected chi connectivity index (χ0v) is 10.2. The van der Waals surface area contributed by atoms with Gasteiger partial charge in [0, 0.05) is 13.1 Å². The van der Waals surface area contributed by atoms with Crippen molar-refractivity contribution in [3.05, 3.63) is 15.8 Å². The molecule has 0 amide bonds. The molecular formula is C10H14N4O4. The lowest BCUT2D eigenvalue weighted by Crippen LogP contribution is -2.33. The molecule has 8 nitrogen and oxygen atoms in total. The smallest absolute Gasteiger partial charge is 0.333 e. The van der Waals surface area contributed by atoms with Crippen LogP contribution in [0.25, 0.3) is 0 Å². The summed E-state index contributed by atoms with van der Waals surface area (Å²) in [6.45, 7) is 1.30. The second-order valence-corrected chi connectivity index (χ2v) is 4.39. The minimum atomic E-state index is -1.00. The van der Waals surface area contributed by atoms with Gasteiger partial charge in [0.05, 0.1) is 4.92 Å². The number of anilines is 1. The Morgan fingerprint density at radius 3 is 2.72 bits per heavy atom. The van der Waals surface area contributed by atoms with Gasteiger partial charge in [-0.05, 0) is 19.8 Å². The average molecular weight is 254 g/mol. The molecule has 0 radical (unpaired) electrons. The Morgan fingerprint density at radius 2 is 2.28 bits per heavy atom. The Morgan fingerprint density at radius 1 is 1.67 bits per heavy atom. The van der Waals surface area contributed by atoms with Crippen molar-refractivity contribution in [3.8, 4) is 0 Å². The van der Waals surface area contributed by atoms with Crippen LogP contribution in [0.15, 0.2) is 0 Å². The summed E-state index contributed by atoms with van der Waals surface area (Å²) in [5.74, 6) is -0.725. The first-order valence-electron chi connectivity index (χ1n) is 5.58. The monoisotopic (exact) mass is 254 g/mol. The minimum Gasteiger partial charge on any atom is -0.480 e. The maximum atomic E-state index is 11.1. The molecule has 98 valence electrons. The highest BCUT2D eigenvalue weighted by Crippen LogP contribution is 2.37. The van der Waals surface area contributed by atoms with E-state index < -0.39 is 10.9 Å². The Balaban J connectivity index is 2.46. The van der Waals surface area contributed by atoms with Gasteiger partial charge in [0.15, 0.2) is 0 Å². The second kappa shape index (κ2) is 4.28. The molecule has 0 aliphatic heterocycles. The molecule has 0 unspecified atom stereocenters. The Hall–Kier alpha value is -2.12. The van der Waals surface area contributed by atoms with Gasteiger partial charge in [-0.25, -0.2) is 4.68 Å². The number of carboxylic acids is 1. The van der Waals surface area contributed by atoms with E-state index in [1.165, 1.54) is 4.68 Å². The molecule has 8 heteroatoms. The molecule has 2 rings (SSSR count). The van der Waals surface area contributed by atoms with E-state index in [9.17, 15) is 14.9 Å². The van der Waals surface area contributed by atoms with E-state index in [2.05, 4.69) is 5.10 Å². The maximum absolute atomic E-state index is 11.1. The molecule has 0 bridgehead atoms. The van der Waals surface area contributed by atoms with Gasteiger partial charge in [0.25, 0.3) is 0 Å². The quantitative estimate of drug-likeness (QED) is 0.612. The van der Waals surface area contributed by atoms with Gasteiger partial charge < -0.3 is 10.0 Å². The summed E-state index contributed by atoms with van der Waals surface area (Å²) in [6.07, 6.45) is 1.71. The van der Waals surface area contributed by atoms with Gasteiger partial charge in [0.1, 0.15) is 12.2 Å². The van der Waals surface area contributed by atoms with E-state index in [-0.39, 0.29) is 24.1 Å². The Labute approximate surface area is 103 Å². The molecule has 1 N–H and O–H groups in total. The summed E-state index contributed by atoms with van der Waals surface area (Å²) in [5, 5.41) is 24.0. The molecule has 0 aromatic carbocycles. The number of carbonyl (C=O) groups is 1. The first-order chi connectivity index (χ1) is 8.41. The van der Waals surface area contributed by atoms with Gasteiger partial charge in [-0.2, -0.15) is 5.10 Å². The zero-order chi connectivity index (χ0) is 13.4. The molecule has 1 aliphatic carbocycles. The summed E-state index contributed by atoms with van der Waals surface area (Å²) in [6, 6.07) is 0.0644. The van der Waals surface area contributed by atoms with Crippen molar-refractivity contribution in [1.29, 1.82) is 0 Å². The van der Waals surface area contributed by atoms with Crippen molar-refractivity contribution in [1.82, 2.24) is 9.78 Å². The third-order valence-electron chi connectivity index (χ3n) is 2.91. The first kappa shape index (κ1) is 12.3. The van der Waals surface area contributed by atoms with E-state index in [4.69, 9.17) is 5.11 Å². The highest BCUT2D eigenvalue weighted by molar-refractivity contribution is 5.76. The van der Waals surface area contributed by atoms with Gasteiger partial charge in [-0.1, -0.05) is 0 Å². The zero-order valence-electron chi connectivity index (χ0n) is 10.2. The lowest BCUT2D eigenvalue weighted by atomic mass is 10.3. The minimum absolute atomic E-state index is 0.0644. The molecule has 18 heavy (non-hydrogen) atoms. The third-order valence-corrected chi connectivity index (χ3v) is 2.91. The number of aromatic nitrogens is 2. The molecular weight excluding hydrogens is 240 g/mol. The molecule has 1 fully saturated rings. The fourth-order valence-electron chi connectivity index (χ4n) is 2.08. The largest absolute Gasteiger partial charge is 0.480 e. The predicted molar refractivity (Wildman–Crippen MR) is 62.6 cm³/mol. The number of nitro groups is 1. The SMILES string of the molecule is Cc1nn(C)c(N(CC(=O)O)C2CC2)c1[N+](=O)[O-]. The molecule has 0 saturated heterocycles. The predicted octanol–water partition coefficient (Wildman–Crippen LogP) is 0.690. The van der Waals surface area contributed by atoms with Crippen molar-refractivity contribution in [2.45, 2.75) is 25.8 Å². The fraction of sp³-hybridized carbons (Fsp3) is 0.600. The first-order valence-corrected chi connectivity index (χ1v) is 5.58. The molecule has 0 spiro atoms. The van der Waals surface area contributed by atoms with Crippen LogP contribution in [0.1, 0.15) is 18.5 Å². The van der Waals surface area contributed by atoms with E-state index in [1.54, 1.807) is 18.9 Å². The van der Waals surface area contributed by atoms with E-state index >= 15 is 0 Å². The number of aryl methyl sites for hydroxylation is 2. The summed E-state index contributed by atoms with van der Waals surface area (Å²) in [7, 11) is 1.59. The lowest BCUT2D eigenvalue weighted by Gasteiger charge is -2.21. The molecule has 1 aliphatic rings. The highest BCUT2D eigenvalue weighted by atomic mass is 16.6. The van der Waals surface area contributed by atoms with Crippen LogP contribution in [0.5, 0.6) is 0 Å². The second-order valence-electron chi connectivity index (χ2n) is 4.39. The standard InChI is InChI=1S/C10H14N4O4/c1-6-9(14(17)18)10(12(2)11-6)13(5-8(15)16)7-3-4-7/h7H,3-5H2,1-2H3,(H,15,16). The van der Waals surface area contributed by atoms with Crippen molar-refractivity contribution in [2.75, 3.05) is 11.4 Å². The number of hydrogen-bond donors (Lipinski definition) is 1. The molecule has 1 aromatic rings. The third kappa shape index (κ3) is 2.13. The fourth-order valence-corrected chi connectivity index (χ4v) is 2.08. The van der Waals surface area contributed by atoms with Crippen LogP contribution in [-0.2, 0) is 11.8 Å². The number of nitrogens with zero attached hydrogens (tertiary/aromatic N) is 4. The average Bonchev–Trinajstić information content (AvgIpc) is 3.00. The number of aliphatic carboxylic acids is 1. The number of hydrogen-bond acceptors (Lipinski definition) is 5. The summed E-state index contributed by atoms with van der Waals surface area (Å²) < 4.78 is 1.38. The number of rotatable bonds is 5. The van der Waals surface area contributed by atoms with E-state index in [0.29, 0.717) is 5.69 Å². The van der Waals surface area contributed by atoms with Crippen molar-refractivity contribution < 1.29 is 14.8 Å². The Kier molecular flexibility index (Phi) is 2.93.